The highest BCUT2D eigenvalue weighted by Gasteiger charge is 2.19. The van der Waals surface area contributed by atoms with Gasteiger partial charge in [-0.3, -0.25) is 9.59 Å². The van der Waals surface area contributed by atoms with E-state index < -0.39 is 17.9 Å². The van der Waals surface area contributed by atoms with E-state index in [2.05, 4.69) is 21.9 Å². The van der Waals surface area contributed by atoms with Crippen molar-refractivity contribution in [2.24, 2.45) is 0 Å². The van der Waals surface area contributed by atoms with Crippen LogP contribution in [0.2, 0.25) is 0 Å². The SMILES string of the molecule is C=CCC(NC(=O)CNC=O)C(=O)OC. The maximum Gasteiger partial charge on any atom is 0.328 e. The van der Waals surface area contributed by atoms with Gasteiger partial charge in [-0.05, 0) is 6.42 Å². The molecule has 0 spiro atoms. The van der Waals surface area contributed by atoms with Gasteiger partial charge in [-0.25, -0.2) is 4.79 Å². The molecule has 0 saturated carbocycles. The third kappa shape index (κ3) is 5.45. The van der Waals surface area contributed by atoms with Crippen LogP contribution in [0.4, 0.5) is 0 Å². The van der Waals surface area contributed by atoms with Gasteiger partial charge in [0.2, 0.25) is 12.3 Å². The number of amides is 2. The lowest BCUT2D eigenvalue weighted by Crippen LogP contribution is -2.44. The normalized spacial score (nSPS) is 11.0. The lowest BCUT2D eigenvalue weighted by atomic mass is 10.2. The van der Waals surface area contributed by atoms with Crippen molar-refractivity contribution in [2.75, 3.05) is 13.7 Å². The molecule has 0 saturated heterocycles. The molecule has 6 nitrogen and oxygen atoms in total. The van der Waals surface area contributed by atoms with Gasteiger partial charge < -0.3 is 15.4 Å². The zero-order valence-electron chi connectivity index (χ0n) is 8.49. The summed E-state index contributed by atoms with van der Waals surface area (Å²) in [6, 6.07) is -0.756. The molecule has 0 aromatic heterocycles. The monoisotopic (exact) mass is 214 g/mol. The molecule has 1 atom stereocenters. The van der Waals surface area contributed by atoms with E-state index in [1.165, 1.54) is 13.2 Å². The molecule has 0 aromatic rings. The van der Waals surface area contributed by atoms with Gasteiger partial charge in [-0.2, -0.15) is 0 Å². The minimum absolute atomic E-state index is 0.172. The van der Waals surface area contributed by atoms with E-state index in [-0.39, 0.29) is 13.0 Å². The van der Waals surface area contributed by atoms with Crippen LogP contribution in [0.1, 0.15) is 6.42 Å². The molecular formula is C9H14N2O4. The summed E-state index contributed by atoms with van der Waals surface area (Å²) in [5, 5.41) is 4.58. The maximum atomic E-state index is 11.1. The number of rotatable bonds is 7. The minimum atomic E-state index is -0.756. The second kappa shape index (κ2) is 7.54. The minimum Gasteiger partial charge on any atom is -0.467 e. The van der Waals surface area contributed by atoms with E-state index in [0.717, 1.165) is 0 Å². The summed E-state index contributed by atoms with van der Waals surface area (Å²) in [4.78, 5) is 32.2. The van der Waals surface area contributed by atoms with E-state index in [0.29, 0.717) is 6.41 Å². The molecule has 2 N–H and O–H groups in total. The first-order valence-electron chi connectivity index (χ1n) is 4.30. The van der Waals surface area contributed by atoms with E-state index in [9.17, 15) is 14.4 Å². The Morgan fingerprint density at radius 1 is 1.53 bits per heavy atom. The Kier molecular flexibility index (Phi) is 6.61. The van der Waals surface area contributed by atoms with Crippen molar-refractivity contribution in [1.29, 1.82) is 0 Å². The van der Waals surface area contributed by atoms with Gasteiger partial charge in [-0.15, -0.1) is 6.58 Å². The lowest BCUT2D eigenvalue weighted by molar-refractivity contribution is -0.144. The number of hydrogen-bond donors (Lipinski definition) is 2. The number of hydrogen-bond acceptors (Lipinski definition) is 4. The van der Waals surface area contributed by atoms with Crippen LogP contribution in [0.15, 0.2) is 12.7 Å². The van der Waals surface area contributed by atoms with Crippen molar-refractivity contribution in [3.05, 3.63) is 12.7 Å². The topological polar surface area (TPSA) is 84.5 Å². The quantitative estimate of drug-likeness (QED) is 0.322. The predicted molar refractivity (Wildman–Crippen MR) is 52.8 cm³/mol. The third-order valence-corrected chi connectivity index (χ3v) is 1.57. The molecule has 0 aromatic carbocycles. The van der Waals surface area contributed by atoms with Crippen molar-refractivity contribution in [3.63, 3.8) is 0 Å². The van der Waals surface area contributed by atoms with Gasteiger partial charge in [0.05, 0.1) is 13.7 Å². The summed E-state index contributed by atoms with van der Waals surface area (Å²) >= 11 is 0. The van der Waals surface area contributed by atoms with Crippen molar-refractivity contribution >= 4 is 18.3 Å². The van der Waals surface area contributed by atoms with E-state index in [1.54, 1.807) is 0 Å². The van der Waals surface area contributed by atoms with Crippen molar-refractivity contribution < 1.29 is 19.1 Å². The predicted octanol–water partition coefficient (Wildman–Crippen LogP) is -1.03. The van der Waals surface area contributed by atoms with Crippen LogP contribution in [-0.4, -0.2) is 38.0 Å². The average molecular weight is 214 g/mol. The van der Waals surface area contributed by atoms with Crippen LogP contribution >= 0.6 is 0 Å². The Labute approximate surface area is 87.7 Å². The first-order chi connectivity index (χ1) is 7.15. The number of nitrogens with one attached hydrogen (secondary N) is 2. The van der Waals surface area contributed by atoms with E-state index in [1.807, 2.05) is 0 Å². The first-order valence-corrected chi connectivity index (χ1v) is 4.30. The molecule has 0 radical (unpaired) electrons. The maximum absolute atomic E-state index is 11.1. The Morgan fingerprint density at radius 3 is 2.67 bits per heavy atom. The fourth-order valence-corrected chi connectivity index (χ4v) is 0.903. The van der Waals surface area contributed by atoms with E-state index in [4.69, 9.17) is 0 Å². The molecule has 2 amide bonds. The highest BCUT2D eigenvalue weighted by Crippen LogP contribution is 1.95. The largest absolute Gasteiger partial charge is 0.467 e. The molecule has 0 fully saturated rings. The molecule has 0 aliphatic heterocycles. The molecule has 0 heterocycles. The second-order valence-corrected chi connectivity index (χ2v) is 2.67. The number of esters is 1. The summed E-state index contributed by atoms with van der Waals surface area (Å²) in [6.07, 6.45) is 2.18. The Bertz CT molecular complexity index is 252. The number of carbonyl (C=O) groups excluding carboxylic acids is 3. The van der Waals surface area contributed by atoms with Crippen LogP contribution in [0.3, 0.4) is 0 Å². The van der Waals surface area contributed by atoms with Crippen molar-refractivity contribution in [3.8, 4) is 0 Å². The summed E-state index contributed by atoms with van der Waals surface area (Å²) in [6.45, 7) is 3.28. The van der Waals surface area contributed by atoms with Gasteiger partial charge >= 0.3 is 5.97 Å². The summed E-state index contributed by atoms with van der Waals surface area (Å²) in [7, 11) is 1.23. The molecule has 0 rings (SSSR count). The van der Waals surface area contributed by atoms with Crippen LogP contribution < -0.4 is 10.6 Å². The van der Waals surface area contributed by atoms with Gasteiger partial charge in [0, 0.05) is 0 Å². The second-order valence-electron chi connectivity index (χ2n) is 2.67. The Morgan fingerprint density at radius 2 is 2.20 bits per heavy atom. The molecule has 15 heavy (non-hydrogen) atoms. The summed E-state index contributed by atoms with van der Waals surface area (Å²) in [5.41, 5.74) is 0. The highest BCUT2D eigenvalue weighted by molar-refractivity contribution is 5.86. The zero-order valence-corrected chi connectivity index (χ0v) is 8.49. The summed E-state index contributed by atoms with van der Waals surface area (Å²) < 4.78 is 4.48. The average Bonchev–Trinajstić information content (AvgIpc) is 2.24. The highest BCUT2D eigenvalue weighted by atomic mass is 16.5. The molecular weight excluding hydrogens is 200 g/mol. The molecule has 84 valence electrons. The molecule has 0 aliphatic carbocycles. The lowest BCUT2D eigenvalue weighted by Gasteiger charge is -2.14. The van der Waals surface area contributed by atoms with Crippen LogP contribution in [0.25, 0.3) is 0 Å². The fourth-order valence-electron chi connectivity index (χ4n) is 0.903. The van der Waals surface area contributed by atoms with Crippen LogP contribution in [-0.2, 0) is 19.1 Å². The molecule has 0 bridgehead atoms. The molecule has 1 unspecified atom stereocenters. The standard InChI is InChI=1S/C9H14N2O4/c1-3-4-7(9(14)15-2)11-8(13)5-10-6-12/h3,6-7H,1,4-5H2,2H3,(H,10,12)(H,11,13). The first kappa shape index (κ1) is 13.2. The van der Waals surface area contributed by atoms with Gasteiger partial charge in [0.25, 0.3) is 0 Å². The molecule has 6 heteroatoms. The van der Waals surface area contributed by atoms with Crippen LogP contribution in [0.5, 0.6) is 0 Å². The van der Waals surface area contributed by atoms with Crippen molar-refractivity contribution in [2.45, 2.75) is 12.5 Å². The Hall–Kier alpha value is -1.85. The third-order valence-electron chi connectivity index (χ3n) is 1.57. The summed E-state index contributed by atoms with van der Waals surface area (Å²) in [5.74, 6) is -1.01. The molecule has 0 aliphatic rings. The number of ether oxygens (including phenoxy) is 1. The van der Waals surface area contributed by atoms with Gasteiger partial charge in [0.15, 0.2) is 0 Å². The Balaban J connectivity index is 4.14. The number of methoxy groups -OCH3 is 1. The van der Waals surface area contributed by atoms with Gasteiger partial charge in [0.1, 0.15) is 6.04 Å². The fraction of sp³-hybridized carbons (Fsp3) is 0.444. The smallest absolute Gasteiger partial charge is 0.328 e. The zero-order chi connectivity index (χ0) is 11.7. The van der Waals surface area contributed by atoms with Crippen molar-refractivity contribution in [1.82, 2.24) is 10.6 Å². The number of carbonyl (C=O) groups is 3. The van der Waals surface area contributed by atoms with Gasteiger partial charge in [-0.1, -0.05) is 6.08 Å². The van der Waals surface area contributed by atoms with Crippen LogP contribution in [0, 0.1) is 0 Å². The van der Waals surface area contributed by atoms with E-state index >= 15 is 0 Å².